The Labute approximate surface area is 159 Å². The van der Waals surface area contributed by atoms with Crippen molar-refractivity contribution in [2.45, 2.75) is 45.7 Å². The van der Waals surface area contributed by atoms with Gasteiger partial charge in [-0.2, -0.15) is 0 Å². The molecule has 1 aromatic carbocycles. The molecule has 0 radical (unpaired) electrons. The van der Waals surface area contributed by atoms with Crippen molar-refractivity contribution >= 4 is 17.5 Å². The van der Waals surface area contributed by atoms with Gasteiger partial charge >= 0.3 is 0 Å². The lowest BCUT2D eigenvalue weighted by molar-refractivity contribution is 0.0680. The molecule has 7 heteroatoms. The quantitative estimate of drug-likeness (QED) is 0.891. The summed E-state index contributed by atoms with van der Waals surface area (Å²) in [5, 5.41) is 8.95. The minimum Gasteiger partial charge on any atom is -0.339 e. The minimum absolute atomic E-state index is 0.0661. The Balaban J connectivity index is 1.58. The highest BCUT2D eigenvalue weighted by molar-refractivity contribution is 6.31. The molecule has 1 aliphatic rings. The Morgan fingerprint density at radius 1 is 1.35 bits per heavy atom. The third kappa shape index (κ3) is 4.24. The Bertz CT molecular complexity index is 787. The van der Waals surface area contributed by atoms with Crippen LogP contribution in [0.1, 0.15) is 48.3 Å². The van der Waals surface area contributed by atoms with Crippen molar-refractivity contribution in [1.29, 1.82) is 0 Å². The van der Waals surface area contributed by atoms with Crippen LogP contribution in [0.4, 0.5) is 0 Å². The van der Waals surface area contributed by atoms with Crippen molar-refractivity contribution < 1.29 is 4.79 Å². The minimum atomic E-state index is -0.483. The van der Waals surface area contributed by atoms with E-state index in [0.717, 1.165) is 43.7 Å². The number of nitrogens with two attached hydrogens (primary N) is 1. The van der Waals surface area contributed by atoms with Gasteiger partial charge in [-0.25, -0.2) is 0 Å². The summed E-state index contributed by atoms with van der Waals surface area (Å²) in [6.45, 7) is 8.09. The summed E-state index contributed by atoms with van der Waals surface area (Å²) in [7, 11) is 0. The van der Waals surface area contributed by atoms with E-state index in [4.69, 9.17) is 17.3 Å². The zero-order valence-corrected chi connectivity index (χ0v) is 16.3. The van der Waals surface area contributed by atoms with Crippen LogP contribution < -0.4 is 5.73 Å². The van der Waals surface area contributed by atoms with E-state index in [1.807, 2.05) is 48.7 Å². The Morgan fingerprint density at radius 2 is 2.04 bits per heavy atom. The molecule has 0 spiro atoms. The zero-order valence-electron chi connectivity index (χ0n) is 15.6. The molecule has 2 N–H and O–H groups in total. The van der Waals surface area contributed by atoms with Gasteiger partial charge in [0, 0.05) is 30.2 Å². The Hall–Kier alpha value is -1.92. The maximum absolute atomic E-state index is 12.8. The van der Waals surface area contributed by atoms with Crippen molar-refractivity contribution in [3.8, 4) is 0 Å². The number of hydrogen-bond donors (Lipinski definition) is 1. The standard InChI is InChI=1S/C19H26ClN5O/c1-13-4-5-15(20)10-16(13)18(26)24-8-6-14(7-9-24)11-25-12-17(22-23-25)19(2,3)21/h4-5,10,12,14H,6-9,11,21H2,1-3H3. The molecule has 140 valence electrons. The number of aryl methyl sites for hydroxylation is 1. The number of amides is 1. The first-order valence-electron chi connectivity index (χ1n) is 8.99. The third-order valence-electron chi connectivity index (χ3n) is 4.98. The van der Waals surface area contributed by atoms with Gasteiger partial charge in [-0.3, -0.25) is 9.48 Å². The molecule has 1 aliphatic heterocycles. The van der Waals surface area contributed by atoms with Gasteiger partial charge in [0.05, 0.1) is 11.7 Å². The van der Waals surface area contributed by atoms with Crippen LogP contribution in [0.25, 0.3) is 0 Å². The van der Waals surface area contributed by atoms with Gasteiger partial charge in [-0.05, 0) is 57.2 Å². The number of benzene rings is 1. The van der Waals surface area contributed by atoms with Crippen LogP contribution in [0.5, 0.6) is 0 Å². The molecule has 1 aromatic heterocycles. The maximum Gasteiger partial charge on any atom is 0.254 e. The van der Waals surface area contributed by atoms with E-state index in [9.17, 15) is 4.79 Å². The van der Waals surface area contributed by atoms with Gasteiger partial charge in [0.1, 0.15) is 5.69 Å². The first-order valence-corrected chi connectivity index (χ1v) is 9.37. The third-order valence-corrected chi connectivity index (χ3v) is 5.21. The second-order valence-corrected chi connectivity index (χ2v) is 8.18. The molecule has 0 unspecified atom stereocenters. The fraction of sp³-hybridized carbons (Fsp3) is 0.526. The van der Waals surface area contributed by atoms with Gasteiger partial charge in [0.25, 0.3) is 5.91 Å². The highest BCUT2D eigenvalue weighted by Gasteiger charge is 2.26. The lowest BCUT2D eigenvalue weighted by Gasteiger charge is -2.32. The number of nitrogens with zero attached hydrogens (tertiary/aromatic N) is 4. The van der Waals surface area contributed by atoms with Crippen molar-refractivity contribution in [2.24, 2.45) is 11.7 Å². The SMILES string of the molecule is Cc1ccc(Cl)cc1C(=O)N1CCC(Cn2cc(C(C)(C)N)nn2)CC1. The van der Waals surface area contributed by atoms with Crippen molar-refractivity contribution in [2.75, 3.05) is 13.1 Å². The number of rotatable bonds is 4. The number of carbonyl (C=O) groups excluding carboxylic acids is 1. The van der Waals surface area contributed by atoms with Crippen LogP contribution in [0.15, 0.2) is 24.4 Å². The van der Waals surface area contributed by atoms with Gasteiger partial charge < -0.3 is 10.6 Å². The molecular formula is C19H26ClN5O. The smallest absolute Gasteiger partial charge is 0.254 e. The number of likely N-dealkylation sites (tertiary alicyclic amines) is 1. The predicted molar refractivity (Wildman–Crippen MR) is 102 cm³/mol. The summed E-state index contributed by atoms with van der Waals surface area (Å²) in [4.78, 5) is 14.7. The van der Waals surface area contributed by atoms with Crippen LogP contribution in [0.3, 0.4) is 0 Å². The highest BCUT2D eigenvalue weighted by Crippen LogP contribution is 2.23. The second kappa shape index (κ2) is 7.37. The van der Waals surface area contributed by atoms with Crippen molar-refractivity contribution in [3.63, 3.8) is 0 Å². The van der Waals surface area contributed by atoms with E-state index in [2.05, 4.69) is 10.3 Å². The Kier molecular flexibility index (Phi) is 5.34. The van der Waals surface area contributed by atoms with Gasteiger partial charge in [-0.1, -0.05) is 22.9 Å². The average molecular weight is 376 g/mol. The number of carbonyl (C=O) groups is 1. The molecule has 6 nitrogen and oxygen atoms in total. The molecule has 1 fully saturated rings. The molecule has 0 aliphatic carbocycles. The largest absolute Gasteiger partial charge is 0.339 e. The van der Waals surface area contributed by atoms with Crippen LogP contribution in [-0.4, -0.2) is 38.9 Å². The van der Waals surface area contributed by atoms with Crippen molar-refractivity contribution in [3.05, 3.63) is 46.2 Å². The van der Waals surface area contributed by atoms with Crippen LogP contribution in [-0.2, 0) is 12.1 Å². The van der Waals surface area contributed by atoms with E-state index >= 15 is 0 Å². The normalized spacial score (nSPS) is 16.1. The summed E-state index contributed by atoms with van der Waals surface area (Å²) in [6.07, 6.45) is 3.83. The van der Waals surface area contributed by atoms with E-state index < -0.39 is 5.54 Å². The molecule has 1 saturated heterocycles. The lowest BCUT2D eigenvalue weighted by atomic mass is 9.96. The van der Waals surface area contributed by atoms with Gasteiger partial charge in [-0.15, -0.1) is 5.10 Å². The van der Waals surface area contributed by atoms with Crippen LogP contribution >= 0.6 is 11.6 Å². The number of aromatic nitrogens is 3. The molecule has 3 rings (SSSR count). The van der Waals surface area contributed by atoms with E-state index in [1.165, 1.54) is 0 Å². The van der Waals surface area contributed by atoms with Gasteiger partial charge in [0.2, 0.25) is 0 Å². The summed E-state index contributed by atoms with van der Waals surface area (Å²) in [5.41, 5.74) is 8.03. The average Bonchev–Trinajstić information content (AvgIpc) is 3.06. The highest BCUT2D eigenvalue weighted by atomic mass is 35.5. The topological polar surface area (TPSA) is 77.0 Å². The fourth-order valence-electron chi connectivity index (χ4n) is 3.26. The maximum atomic E-state index is 12.8. The molecule has 26 heavy (non-hydrogen) atoms. The molecule has 2 heterocycles. The first-order chi connectivity index (χ1) is 12.2. The van der Waals surface area contributed by atoms with E-state index in [1.54, 1.807) is 6.07 Å². The number of piperidine rings is 1. The van der Waals surface area contributed by atoms with E-state index in [0.29, 0.717) is 16.5 Å². The van der Waals surface area contributed by atoms with Crippen molar-refractivity contribution in [1.82, 2.24) is 19.9 Å². The predicted octanol–water partition coefficient (Wildman–Crippen LogP) is 2.99. The Morgan fingerprint density at radius 3 is 2.65 bits per heavy atom. The fourth-order valence-corrected chi connectivity index (χ4v) is 3.43. The van der Waals surface area contributed by atoms with Crippen LogP contribution in [0, 0.1) is 12.8 Å². The lowest BCUT2D eigenvalue weighted by Crippen LogP contribution is -2.39. The number of halogens is 1. The molecule has 0 atom stereocenters. The summed E-state index contributed by atoms with van der Waals surface area (Å²) in [6, 6.07) is 5.47. The molecule has 2 aromatic rings. The molecule has 0 saturated carbocycles. The zero-order chi connectivity index (χ0) is 18.9. The van der Waals surface area contributed by atoms with Gasteiger partial charge in [0.15, 0.2) is 0 Å². The monoisotopic (exact) mass is 375 g/mol. The second-order valence-electron chi connectivity index (χ2n) is 7.74. The summed E-state index contributed by atoms with van der Waals surface area (Å²) < 4.78 is 1.87. The molecule has 0 bridgehead atoms. The van der Waals surface area contributed by atoms with E-state index in [-0.39, 0.29) is 5.91 Å². The summed E-state index contributed by atoms with van der Waals surface area (Å²) >= 11 is 6.05. The summed E-state index contributed by atoms with van der Waals surface area (Å²) in [5.74, 6) is 0.548. The first kappa shape index (κ1) is 18.9. The van der Waals surface area contributed by atoms with Crippen LogP contribution in [0.2, 0.25) is 5.02 Å². The number of hydrogen-bond acceptors (Lipinski definition) is 4. The molecular weight excluding hydrogens is 350 g/mol. The molecule has 1 amide bonds.